The van der Waals surface area contributed by atoms with Gasteiger partial charge in [-0.25, -0.2) is 0 Å². The van der Waals surface area contributed by atoms with Gasteiger partial charge in [0.1, 0.15) is 0 Å². The maximum atomic E-state index is 11.4. The molecule has 0 aromatic heterocycles. The highest BCUT2D eigenvalue weighted by molar-refractivity contribution is 5.75. The Bertz CT molecular complexity index is 197. The van der Waals surface area contributed by atoms with Gasteiger partial charge in [-0.3, -0.25) is 4.79 Å². The monoisotopic (exact) mass is 198 g/mol. The second-order valence-electron chi connectivity index (χ2n) is 4.96. The molecule has 0 aromatic rings. The Morgan fingerprint density at radius 2 is 2.21 bits per heavy atom. The van der Waals surface area contributed by atoms with Gasteiger partial charge in [-0.15, -0.1) is 0 Å². The fraction of sp³-hybridized carbons (Fsp3) is 0.909. The first-order chi connectivity index (χ1) is 6.52. The summed E-state index contributed by atoms with van der Waals surface area (Å²) in [6, 6.07) is 0.125. The van der Waals surface area contributed by atoms with Crippen LogP contribution >= 0.6 is 0 Å². The van der Waals surface area contributed by atoms with Gasteiger partial charge in [0.2, 0.25) is 5.91 Å². The van der Waals surface area contributed by atoms with Crippen LogP contribution in [0.4, 0.5) is 0 Å². The summed E-state index contributed by atoms with van der Waals surface area (Å²) in [5, 5.41) is 2.99. The van der Waals surface area contributed by atoms with Crippen molar-refractivity contribution in [2.24, 2.45) is 11.1 Å². The summed E-state index contributed by atoms with van der Waals surface area (Å²) in [6.45, 7) is 5.01. The first-order valence-electron chi connectivity index (χ1n) is 5.54. The average Bonchev–Trinajstić information content (AvgIpc) is 2.08. The molecule has 1 aliphatic rings. The molecule has 3 N–H and O–H groups in total. The molecule has 1 unspecified atom stereocenters. The second kappa shape index (κ2) is 4.78. The van der Waals surface area contributed by atoms with E-state index in [4.69, 9.17) is 5.73 Å². The fourth-order valence-electron chi connectivity index (χ4n) is 1.72. The van der Waals surface area contributed by atoms with Gasteiger partial charge in [0.25, 0.3) is 0 Å². The van der Waals surface area contributed by atoms with Crippen LogP contribution in [-0.2, 0) is 4.79 Å². The number of rotatable bonds is 5. The maximum absolute atomic E-state index is 11.4. The van der Waals surface area contributed by atoms with Gasteiger partial charge < -0.3 is 11.1 Å². The van der Waals surface area contributed by atoms with Crippen molar-refractivity contribution >= 4 is 5.91 Å². The first-order valence-corrected chi connectivity index (χ1v) is 5.54. The molecular weight excluding hydrogens is 176 g/mol. The van der Waals surface area contributed by atoms with Gasteiger partial charge in [0, 0.05) is 19.0 Å². The molecule has 1 rings (SSSR count). The summed E-state index contributed by atoms with van der Waals surface area (Å²) in [5.74, 6) is 0.149. The molecule has 0 aromatic carbocycles. The quantitative estimate of drug-likeness (QED) is 0.702. The molecule has 1 saturated carbocycles. The lowest BCUT2D eigenvalue weighted by Gasteiger charge is -2.38. The van der Waals surface area contributed by atoms with Crippen LogP contribution in [-0.4, -0.2) is 18.5 Å². The molecular formula is C11H22N2O. The van der Waals surface area contributed by atoms with Gasteiger partial charge in [0.15, 0.2) is 0 Å². The van der Waals surface area contributed by atoms with E-state index in [2.05, 4.69) is 12.2 Å². The minimum Gasteiger partial charge on any atom is -0.356 e. The van der Waals surface area contributed by atoms with Crippen LogP contribution in [0.1, 0.15) is 46.0 Å². The number of amides is 1. The molecule has 0 aliphatic heterocycles. The van der Waals surface area contributed by atoms with Crippen molar-refractivity contribution in [1.82, 2.24) is 5.32 Å². The molecule has 0 spiro atoms. The zero-order valence-corrected chi connectivity index (χ0v) is 9.31. The molecule has 82 valence electrons. The Hall–Kier alpha value is -0.570. The molecule has 14 heavy (non-hydrogen) atoms. The Morgan fingerprint density at radius 3 is 2.64 bits per heavy atom. The molecule has 0 bridgehead atoms. The van der Waals surface area contributed by atoms with Crippen molar-refractivity contribution in [2.75, 3.05) is 6.54 Å². The molecule has 1 atom stereocenters. The largest absolute Gasteiger partial charge is 0.356 e. The van der Waals surface area contributed by atoms with Crippen LogP contribution in [0, 0.1) is 5.41 Å². The lowest BCUT2D eigenvalue weighted by molar-refractivity contribution is -0.122. The Balaban J connectivity index is 2.08. The molecule has 0 radical (unpaired) electrons. The van der Waals surface area contributed by atoms with E-state index in [1.165, 1.54) is 19.3 Å². The van der Waals surface area contributed by atoms with Gasteiger partial charge in [-0.05, 0) is 31.6 Å². The molecule has 0 heterocycles. The minimum atomic E-state index is 0.125. The van der Waals surface area contributed by atoms with E-state index in [-0.39, 0.29) is 11.9 Å². The normalized spacial score (nSPS) is 21.1. The van der Waals surface area contributed by atoms with Crippen molar-refractivity contribution < 1.29 is 4.79 Å². The van der Waals surface area contributed by atoms with E-state index in [1.54, 1.807) is 0 Å². The molecule has 1 fully saturated rings. The summed E-state index contributed by atoms with van der Waals surface area (Å²) >= 11 is 0. The molecule has 0 saturated heterocycles. The van der Waals surface area contributed by atoms with E-state index >= 15 is 0 Å². The van der Waals surface area contributed by atoms with Crippen LogP contribution in [0.3, 0.4) is 0 Å². The number of carbonyl (C=O) groups excluding carboxylic acids is 1. The predicted molar refractivity (Wildman–Crippen MR) is 57.9 cm³/mol. The Morgan fingerprint density at radius 1 is 1.57 bits per heavy atom. The van der Waals surface area contributed by atoms with E-state index in [1.807, 2.05) is 6.92 Å². The van der Waals surface area contributed by atoms with Gasteiger partial charge >= 0.3 is 0 Å². The Labute approximate surface area is 86.4 Å². The topological polar surface area (TPSA) is 55.1 Å². The van der Waals surface area contributed by atoms with Crippen molar-refractivity contribution in [1.29, 1.82) is 0 Å². The third-order valence-corrected chi connectivity index (χ3v) is 3.10. The van der Waals surface area contributed by atoms with Crippen molar-refractivity contribution in [3.63, 3.8) is 0 Å². The van der Waals surface area contributed by atoms with Crippen LogP contribution in [0.2, 0.25) is 0 Å². The van der Waals surface area contributed by atoms with Crippen molar-refractivity contribution in [2.45, 2.75) is 52.0 Å². The summed E-state index contributed by atoms with van der Waals surface area (Å²) in [5.41, 5.74) is 5.96. The third kappa shape index (κ3) is 3.66. The first kappa shape index (κ1) is 11.5. The van der Waals surface area contributed by atoms with Crippen LogP contribution in [0.15, 0.2) is 0 Å². The SMILES string of the molecule is CC(N)CCC(=O)NCC1(C)CCC1. The van der Waals surface area contributed by atoms with Crippen LogP contribution < -0.4 is 11.1 Å². The number of hydrogen-bond acceptors (Lipinski definition) is 2. The minimum absolute atomic E-state index is 0.125. The lowest BCUT2D eigenvalue weighted by atomic mass is 9.70. The number of nitrogens with one attached hydrogen (secondary N) is 1. The second-order valence-corrected chi connectivity index (χ2v) is 4.96. The molecule has 3 nitrogen and oxygen atoms in total. The Kier molecular flexibility index (Phi) is 3.93. The molecule has 3 heteroatoms. The van der Waals surface area contributed by atoms with Crippen LogP contribution in [0.25, 0.3) is 0 Å². The van der Waals surface area contributed by atoms with E-state index in [0.29, 0.717) is 11.8 Å². The van der Waals surface area contributed by atoms with Gasteiger partial charge in [-0.1, -0.05) is 13.3 Å². The predicted octanol–water partition coefficient (Wildman–Crippen LogP) is 1.42. The smallest absolute Gasteiger partial charge is 0.220 e. The zero-order chi connectivity index (χ0) is 10.6. The van der Waals surface area contributed by atoms with Crippen molar-refractivity contribution in [3.8, 4) is 0 Å². The maximum Gasteiger partial charge on any atom is 0.220 e. The van der Waals surface area contributed by atoms with Gasteiger partial charge in [-0.2, -0.15) is 0 Å². The third-order valence-electron chi connectivity index (χ3n) is 3.10. The summed E-state index contributed by atoms with van der Waals surface area (Å²) in [7, 11) is 0. The van der Waals surface area contributed by atoms with Crippen LogP contribution in [0.5, 0.6) is 0 Å². The summed E-state index contributed by atoms with van der Waals surface area (Å²) in [6.07, 6.45) is 5.16. The summed E-state index contributed by atoms with van der Waals surface area (Å²) in [4.78, 5) is 11.4. The van der Waals surface area contributed by atoms with E-state index < -0.39 is 0 Å². The number of hydrogen-bond donors (Lipinski definition) is 2. The average molecular weight is 198 g/mol. The molecule has 1 amide bonds. The fourth-order valence-corrected chi connectivity index (χ4v) is 1.72. The number of carbonyl (C=O) groups is 1. The van der Waals surface area contributed by atoms with Gasteiger partial charge in [0.05, 0.1) is 0 Å². The summed E-state index contributed by atoms with van der Waals surface area (Å²) < 4.78 is 0. The highest BCUT2D eigenvalue weighted by Crippen LogP contribution is 2.39. The molecule has 1 aliphatic carbocycles. The van der Waals surface area contributed by atoms with Crippen molar-refractivity contribution in [3.05, 3.63) is 0 Å². The standard InChI is InChI=1S/C11H22N2O/c1-9(12)4-5-10(14)13-8-11(2)6-3-7-11/h9H,3-8,12H2,1-2H3,(H,13,14). The number of nitrogens with two attached hydrogens (primary N) is 1. The highest BCUT2D eigenvalue weighted by Gasteiger charge is 2.31. The van der Waals surface area contributed by atoms with E-state index in [9.17, 15) is 4.79 Å². The zero-order valence-electron chi connectivity index (χ0n) is 9.31. The highest BCUT2D eigenvalue weighted by atomic mass is 16.1. The van der Waals surface area contributed by atoms with E-state index in [0.717, 1.165) is 13.0 Å². The lowest BCUT2D eigenvalue weighted by Crippen LogP contribution is -2.40.